The number of aliphatic carboxylic acids is 1. The zero-order valence-electron chi connectivity index (χ0n) is 12.7. The molecule has 19 heavy (non-hydrogen) atoms. The molecule has 0 rings (SSSR count). The molecular weight excluding hydrogens is 244 g/mol. The van der Waals surface area contributed by atoms with Gasteiger partial charge in [-0.05, 0) is 18.4 Å². The van der Waals surface area contributed by atoms with Gasteiger partial charge in [0.25, 0.3) is 0 Å². The van der Waals surface area contributed by atoms with Gasteiger partial charge in [0, 0.05) is 19.0 Å². The highest BCUT2D eigenvalue weighted by molar-refractivity contribution is 5.79. The Hall–Kier alpha value is -1.10. The maximum atomic E-state index is 11.8. The minimum atomic E-state index is -0.852. The van der Waals surface area contributed by atoms with Gasteiger partial charge in [-0.1, -0.05) is 34.6 Å². The number of hydrogen-bond acceptors (Lipinski definition) is 3. The molecule has 0 aliphatic carbocycles. The summed E-state index contributed by atoms with van der Waals surface area (Å²) in [5.74, 6) is -1.63. The molecule has 0 saturated heterocycles. The van der Waals surface area contributed by atoms with Crippen molar-refractivity contribution >= 4 is 11.9 Å². The fourth-order valence-electron chi connectivity index (χ4n) is 1.84. The fraction of sp³-hybridized carbons (Fsp3) is 0.857. The maximum absolute atomic E-state index is 11.8. The van der Waals surface area contributed by atoms with Crippen LogP contribution in [0.4, 0.5) is 0 Å². The summed E-state index contributed by atoms with van der Waals surface area (Å²) in [6.45, 7) is 11.4. The van der Waals surface area contributed by atoms with Crippen LogP contribution in [0.5, 0.6) is 0 Å². The number of carbonyl (C=O) groups is 2. The third-order valence-corrected chi connectivity index (χ3v) is 2.88. The summed E-state index contributed by atoms with van der Waals surface area (Å²) in [5.41, 5.74) is -0.0663. The Labute approximate surface area is 116 Å². The third kappa shape index (κ3) is 8.59. The van der Waals surface area contributed by atoms with Gasteiger partial charge >= 0.3 is 5.97 Å². The number of hydrogen-bond donors (Lipinski definition) is 3. The smallest absolute Gasteiger partial charge is 0.308 e. The van der Waals surface area contributed by atoms with Crippen molar-refractivity contribution in [3.05, 3.63) is 0 Å². The summed E-state index contributed by atoms with van der Waals surface area (Å²) in [6.07, 6.45) is 0.546. The second-order valence-electron chi connectivity index (χ2n) is 6.25. The molecule has 0 fully saturated rings. The zero-order chi connectivity index (χ0) is 15.1. The normalized spacial score (nSPS) is 14.8. The Morgan fingerprint density at radius 1 is 1.21 bits per heavy atom. The maximum Gasteiger partial charge on any atom is 0.308 e. The molecule has 0 aliphatic heterocycles. The average Bonchev–Trinajstić information content (AvgIpc) is 2.29. The van der Waals surface area contributed by atoms with Crippen molar-refractivity contribution in [3.63, 3.8) is 0 Å². The molecule has 5 heteroatoms. The summed E-state index contributed by atoms with van der Waals surface area (Å²) < 4.78 is 0. The van der Waals surface area contributed by atoms with E-state index in [1.54, 1.807) is 0 Å². The molecule has 0 radical (unpaired) electrons. The van der Waals surface area contributed by atoms with Crippen LogP contribution in [0, 0.1) is 17.3 Å². The molecular formula is C14H28N2O3. The summed E-state index contributed by atoms with van der Waals surface area (Å²) in [6, 6.07) is 0. The van der Waals surface area contributed by atoms with Crippen LogP contribution in [0.15, 0.2) is 0 Å². The molecule has 5 nitrogen and oxygen atoms in total. The van der Waals surface area contributed by atoms with E-state index in [2.05, 4.69) is 10.6 Å². The summed E-state index contributed by atoms with van der Waals surface area (Å²) >= 11 is 0. The van der Waals surface area contributed by atoms with Gasteiger partial charge in [0.15, 0.2) is 0 Å². The van der Waals surface area contributed by atoms with Crippen LogP contribution in [0.3, 0.4) is 0 Å². The second kappa shape index (κ2) is 8.15. The van der Waals surface area contributed by atoms with Crippen LogP contribution in [-0.2, 0) is 9.59 Å². The first-order chi connectivity index (χ1) is 8.67. The summed E-state index contributed by atoms with van der Waals surface area (Å²) in [4.78, 5) is 23.0. The van der Waals surface area contributed by atoms with Gasteiger partial charge in [0.2, 0.25) is 5.91 Å². The first kappa shape index (κ1) is 17.9. The molecule has 0 saturated carbocycles. The SMILES string of the molecule is CCNCC(C)C(=O)NCC(CC(C)(C)C)C(=O)O. The lowest BCUT2D eigenvalue weighted by Gasteiger charge is -2.24. The average molecular weight is 272 g/mol. The predicted octanol–water partition coefficient (Wildman–Crippen LogP) is 1.49. The molecule has 0 spiro atoms. The van der Waals surface area contributed by atoms with E-state index < -0.39 is 11.9 Å². The minimum absolute atomic E-state index is 0.0663. The highest BCUT2D eigenvalue weighted by Gasteiger charge is 2.25. The fourth-order valence-corrected chi connectivity index (χ4v) is 1.84. The van der Waals surface area contributed by atoms with Crippen molar-refractivity contribution in [2.45, 2.75) is 41.0 Å². The molecule has 3 N–H and O–H groups in total. The highest BCUT2D eigenvalue weighted by atomic mass is 16.4. The van der Waals surface area contributed by atoms with Crippen molar-refractivity contribution in [3.8, 4) is 0 Å². The first-order valence-corrected chi connectivity index (χ1v) is 6.88. The lowest BCUT2D eigenvalue weighted by Crippen LogP contribution is -2.40. The highest BCUT2D eigenvalue weighted by Crippen LogP contribution is 2.24. The third-order valence-electron chi connectivity index (χ3n) is 2.88. The molecule has 0 bridgehead atoms. The van der Waals surface area contributed by atoms with E-state index in [1.165, 1.54) is 0 Å². The van der Waals surface area contributed by atoms with Crippen molar-refractivity contribution in [2.24, 2.45) is 17.3 Å². The Kier molecular flexibility index (Phi) is 7.68. The largest absolute Gasteiger partial charge is 0.481 e. The molecule has 1 amide bonds. The van der Waals surface area contributed by atoms with Crippen LogP contribution < -0.4 is 10.6 Å². The molecule has 112 valence electrons. The quantitative estimate of drug-likeness (QED) is 0.625. The topological polar surface area (TPSA) is 78.4 Å². The van der Waals surface area contributed by atoms with E-state index >= 15 is 0 Å². The number of nitrogens with one attached hydrogen (secondary N) is 2. The lowest BCUT2D eigenvalue weighted by molar-refractivity contribution is -0.142. The van der Waals surface area contributed by atoms with Crippen LogP contribution in [0.25, 0.3) is 0 Å². The minimum Gasteiger partial charge on any atom is -0.481 e. The predicted molar refractivity (Wildman–Crippen MR) is 75.9 cm³/mol. The molecule has 0 aromatic carbocycles. The Morgan fingerprint density at radius 2 is 1.79 bits per heavy atom. The second-order valence-corrected chi connectivity index (χ2v) is 6.25. The first-order valence-electron chi connectivity index (χ1n) is 6.88. The monoisotopic (exact) mass is 272 g/mol. The van der Waals surface area contributed by atoms with Crippen molar-refractivity contribution in [1.29, 1.82) is 0 Å². The van der Waals surface area contributed by atoms with Crippen molar-refractivity contribution in [1.82, 2.24) is 10.6 Å². The molecule has 2 atom stereocenters. The van der Waals surface area contributed by atoms with Gasteiger partial charge in [-0.25, -0.2) is 0 Å². The van der Waals surface area contributed by atoms with E-state index in [0.29, 0.717) is 13.0 Å². The van der Waals surface area contributed by atoms with Crippen LogP contribution in [0.1, 0.15) is 41.0 Å². The van der Waals surface area contributed by atoms with E-state index in [1.807, 2.05) is 34.6 Å². The molecule has 0 aliphatic rings. The summed E-state index contributed by atoms with van der Waals surface area (Å²) in [7, 11) is 0. The van der Waals surface area contributed by atoms with Crippen LogP contribution in [0.2, 0.25) is 0 Å². The Morgan fingerprint density at radius 3 is 2.21 bits per heavy atom. The van der Waals surface area contributed by atoms with Gasteiger partial charge in [0.05, 0.1) is 5.92 Å². The van der Waals surface area contributed by atoms with Gasteiger partial charge < -0.3 is 15.7 Å². The number of carbonyl (C=O) groups excluding carboxylic acids is 1. The van der Waals surface area contributed by atoms with E-state index in [9.17, 15) is 9.59 Å². The molecule has 0 aromatic heterocycles. The summed E-state index contributed by atoms with van der Waals surface area (Å²) in [5, 5.41) is 15.0. The standard InChI is InChI=1S/C14H28N2O3/c1-6-15-8-10(2)12(17)16-9-11(13(18)19)7-14(3,4)5/h10-11,15H,6-9H2,1-5H3,(H,16,17)(H,18,19). The number of carboxylic acids is 1. The van der Waals surface area contributed by atoms with E-state index in [-0.39, 0.29) is 23.8 Å². The van der Waals surface area contributed by atoms with Crippen molar-refractivity contribution in [2.75, 3.05) is 19.6 Å². The number of rotatable bonds is 8. The molecule has 2 unspecified atom stereocenters. The van der Waals surface area contributed by atoms with E-state index in [0.717, 1.165) is 6.54 Å². The van der Waals surface area contributed by atoms with E-state index in [4.69, 9.17) is 5.11 Å². The molecule has 0 aromatic rings. The Balaban J connectivity index is 4.25. The number of amides is 1. The van der Waals surface area contributed by atoms with Crippen LogP contribution in [-0.4, -0.2) is 36.6 Å². The van der Waals surface area contributed by atoms with Gasteiger partial charge in [-0.2, -0.15) is 0 Å². The van der Waals surface area contributed by atoms with Crippen molar-refractivity contribution < 1.29 is 14.7 Å². The van der Waals surface area contributed by atoms with Crippen LogP contribution >= 0.6 is 0 Å². The zero-order valence-corrected chi connectivity index (χ0v) is 12.7. The Bertz CT molecular complexity index is 298. The lowest BCUT2D eigenvalue weighted by atomic mass is 9.84. The number of carboxylic acid groups (broad SMARTS) is 1. The van der Waals surface area contributed by atoms with Gasteiger partial charge in [-0.3, -0.25) is 9.59 Å². The molecule has 0 heterocycles. The van der Waals surface area contributed by atoms with Gasteiger partial charge in [-0.15, -0.1) is 0 Å². The van der Waals surface area contributed by atoms with Gasteiger partial charge in [0.1, 0.15) is 0 Å².